The van der Waals surface area contributed by atoms with Gasteiger partial charge in [-0.15, -0.1) is 0 Å². The number of hydrogen-bond acceptors (Lipinski definition) is 7. The molecule has 37 heavy (non-hydrogen) atoms. The van der Waals surface area contributed by atoms with Crippen LogP contribution in [-0.4, -0.2) is 80.6 Å². The zero-order valence-corrected chi connectivity index (χ0v) is 21.3. The van der Waals surface area contributed by atoms with Crippen molar-refractivity contribution in [1.29, 1.82) is 0 Å². The number of carbonyl (C=O) groups is 1. The molecule has 7 rings (SSSR count). The number of aromatic hydroxyl groups is 1. The molecule has 2 bridgehead atoms. The van der Waals surface area contributed by atoms with E-state index in [1.807, 2.05) is 6.07 Å². The summed E-state index contributed by atoms with van der Waals surface area (Å²) in [6.07, 6.45) is 9.27. The lowest BCUT2D eigenvalue weighted by Gasteiger charge is -2.67. The standard InChI is InChI=1S/C29H34N2O6/c1-17-14-31(16-27(34)10-11-27)22-13-19-4-5-21(32)25-24(19)29(17)26(37-25)20(7-9-28(22,29)35)30(2)23(33)6-3-18-8-12-36-15-18/h3-6,8,12,15,17,20,22,26,32,34-35H,7,9-11,13-14,16H2,1-2H3/b6-3+/t17?,20?,22?,26?,28?,29-/m0/s1. The normalized spacial score (nSPS) is 36.8. The highest BCUT2D eigenvalue weighted by Crippen LogP contribution is 2.67. The number of amides is 1. The number of likely N-dealkylation sites (tertiary alicyclic amines) is 1. The Kier molecular flexibility index (Phi) is 4.80. The lowest BCUT2D eigenvalue weighted by Crippen LogP contribution is -2.81. The van der Waals surface area contributed by atoms with Crippen molar-refractivity contribution in [2.24, 2.45) is 5.92 Å². The van der Waals surface area contributed by atoms with Crippen LogP contribution in [0.2, 0.25) is 0 Å². The Morgan fingerprint density at radius 3 is 2.78 bits per heavy atom. The number of aliphatic hydroxyl groups is 2. The monoisotopic (exact) mass is 506 g/mol. The van der Waals surface area contributed by atoms with Gasteiger partial charge in [0, 0.05) is 43.4 Å². The van der Waals surface area contributed by atoms with Gasteiger partial charge in [0.2, 0.25) is 5.91 Å². The minimum absolute atomic E-state index is 0.0176. The molecule has 2 aromatic rings. The van der Waals surface area contributed by atoms with Crippen molar-refractivity contribution in [1.82, 2.24) is 9.80 Å². The summed E-state index contributed by atoms with van der Waals surface area (Å²) >= 11 is 0. The van der Waals surface area contributed by atoms with E-state index in [1.165, 1.54) is 0 Å². The summed E-state index contributed by atoms with van der Waals surface area (Å²) in [5.74, 6) is 0.376. The first kappa shape index (κ1) is 23.3. The highest BCUT2D eigenvalue weighted by atomic mass is 16.5. The Morgan fingerprint density at radius 1 is 1.24 bits per heavy atom. The van der Waals surface area contributed by atoms with Crippen LogP contribution in [0.4, 0.5) is 0 Å². The van der Waals surface area contributed by atoms with E-state index in [0.717, 1.165) is 29.5 Å². The van der Waals surface area contributed by atoms with Gasteiger partial charge in [0.1, 0.15) is 6.10 Å². The first-order chi connectivity index (χ1) is 17.7. The summed E-state index contributed by atoms with van der Waals surface area (Å²) < 4.78 is 11.7. The molecule has 3 N–H and O–H groups in total. The second kappa shape index (κ2) is 7.62. The maximum Gasteiger partial charge on any atom is 0.246 e. The van der Waals surface area contributed by atoms with E-state index in [2.05, 4.69) is 11.8 Å². The quantitative estimate of drug-likeness (QED) is 0.535. The highest BCUT2D eigenvalue weighted by Gasteiger charge is 2.76. The zero-order valence-electron chi connectivity index (χ0n) is 21.3. The van der Waals surface area contributed by atoms with Crippen LogP contribution in [0.25, 0.3) is 6.08 Å². The number of furan rings is 1. The molecule has 1 amide bonds. The molecule has 6 atom stereocenters. The van der Waals surface area contributed by atoms with E-state index in [0.29, 0.717) is 38.1 Å². The molecular formula is C29H34N2O6. The van der Waals surface area contributed by atoms with Gasteiger partial charge >= 0.3 is 0 Å². The summed E-state index contributed by atoms with van der Waals surface area (Å²) in [4.78, 5) is 17.3. The third-order valence-electron chi connectivity index (χ3n) is 10.0. The number of nitrogens with zero attached hydrogens (tertiary/aromatic N) is 2. The molecule has 1 aromatic heterocycles. The van der Waals surface area contributed by atoms with Crippen LogP contribution in [0.15, 0.2) is 41.2 Å². The lowest BCUT2D eigenvalue weighted by atomic mass is 9.45. The maximum atomic E-state index is 13.3. The molecule has 3 aliphatic carbocycles. The van der Waals surface area contributed by atoms with E-state index in [-0.39, 0.29) is 29.7 Å². The molecule has 0 radical (unpaired) electrons. The predicted molar refractivity (Wildman–Crippen MR) is 135 cm³/mol. The molecule has 2 aliphatic heterocycles. The van der Waals surface area contributed by atoms with Crippen LogP contribution < -0.4 is 4.74 Å². The second-order valence-electron chi connectivity index (χ2n) is 12.0. The van der Waals surface area contributed by atoms with E-state index in [9.17, 15) is 20.1 Å². The third kappa shape index (κ3) is 3.03. The molecule has 8 nitrogen and oxygen atoms in total. The number of ether oxygens (including phenoxy) is 1. The summed E-state index contributed by atoms with van der Waals surface area (Å²) in [6.45, 7) is 3.43. The Hall–Kier alpha value is -2.81. The van der Waals surface area contributed by atoms with Crippen molar-refractivity contribution in [2.75, 3.05) is 20.1 Å². The van der Waals surface area contributed by atoms with Gasteiger partial charge in [0.15, 0.2) is 11.5 Å². The number of β-amino-alcohol motifs (C(OH)–C–C–N with tert-alkyl or cyclic N) is 1. The molecule has 8 heteroatoms. The van der Waals surface area contributed by atoms with Crippen LogP contribution in [0, 0.1) is 5.92 Å². The number of phenolic OH excluding ortho intramolecular Hbond substituents is 1. The van der Waals surface area contributed by atoms with Crippen molar-refractivity contribution >= 4 is 12.0 Å². The van der Waals surface area contributed by atoms with E-state index in [1.54, 1.807) is 48.8 Å². The Labute approximate surface area is 216 Å². The number of phenols is 1. The van der Waals surface area contributed by atoms with Gasteiger partial charge in [-0.25, -0.2) is 0 Å². The van der Waals surface area contributed by atoms with Gasteiger partial charge in [-0.2, -0.15) is 0 Å². The van der Waals surface area contributed by atoms with Crippen LogP contribution in [0.1, 0.15) is 49.3 Å². The smallest absolute Gasteiger partial charge is 0.246 e. The first-order valence-electron chi connectivity index (χ1n) is 13.4. The Bertz CT molecular complexity index is 1290. The highest BCUT2D eigenvalue weighted by molar-refractivity contribution is 5.92. The maximum absolute atomic E-state index is 13.3. The molecule has 5 unspecified atom stereocenters. The Balaban J connectivity index is 1.31. The molecule has 1 spiro atoms. The summed E-state index contributed by atoms with van der Waals surface area (Å²) in [7, 11) is 1.80. The van der Waals surface area contributed by atoms with Crippen molar-refractivity contribution < 1.29 is 29.3 Å². The topological polar surface area (TPSA) is 107 Å². The molecule has 2 saturated carbocycles. The fourth-order valence-corrected chi connectivity index (χ4v) is 8.19. The summed E-state index contributed by atoms with van der Waals surface area (Å²) in [5, 5.41) is 34.4. The van der Waals surface area contributed by atoms with Gasteiger partial charge in [0.05, 0.1) is 35.2 Å². The van der Waals surface area contributed by atoms with Crippen LogP contribution >= 0.6 is 0 Å². The molecule has 3 fully saturated rings. The summed E-state index contributed by atoms with van der Waals surface area (Å²) in [6, 6.07) is 5.00. The average molecular weight is 507 g/mol. The lowest BCUT2D eigenvalue weighted by molar-refractivity contribution is -0.221. The van der Waals surface area contributed by atoms with E-state index in [4.69, 9.17) is 9.15 Å². The third-order valence-corrected chi connectivity index (χ3v) is 10.0. The van der Waals surface area contributed by atoms with Gasteiger partial charge in [0.25, 0.3) is 0 Å². The van der Waals surface area contributed by atoms with Crippen LogP contribution in [-0.2, 0) is 16.6 Å². The number of benzene rings is 1. The predicted octanol–water partition coefficient (Wildman–Crippen LogP) is 2.45. The first-order valence-corrected chi connectivity index (χ1v) is 13.4. The van der Waals surface area contributed by atoms with Crippen molar-refractivity contribution in [3.8, 4) is 11.5 Å². The number of rotatable bonds is 5. The number of piperidine rings is 1. The molecule has 196 valence electrons. The second-order valence-corrected chi connectivity index (χ2v) is 12.0. The van der Waals surface area contributed by atoms with Gasteiger partial charge < -0.3 is 29.4 Å². The molecule has 5 aliphatic rings. The van der Waals surface area contributed by atoms with Crippen LogP contribution in [0.5, 0.6) is 11.5 Å². The SMILES string of the molecule is CC1CN(CC2(O)CC2)C2Cc3ccc(O)c4c3[C@]13C(O4)C(N(C)C(=O)/C=C/c1ccoc1)CCC23O. The van der Waals surface area contributed by atoms with Crippen molar-refractivity contribution in [3.05, 3.63) is 53.5 Å². The van der Waals surface area contributed by atoms with Gasteiger partial charge in [-0.3, -0.25) is 9.69 Å². The Morgan fingerprint density at radius 2 is 2.05 bits per heavy atom. The average Bonchev–Trinajstić information content (AvgIpc) is 3.23. The fourth-order valence-electron chi connectivity index (χ4n) is 8.19. The largest absolute Gasteiger partial charge is 0.504 e. The number of carbonyl (C=O) groups excluding carboxylic acids is 1. The fraction of sp³-hybridized carbons (Fsp3) is 0.552. The van der Waals surface area contributed by atoms with Crippen molar-refractivity contribution in [3.63, 3.8) is 0 Å². The van der Waals surface area contributed by atoms with Crippen LogP contribution in [0.3, 0.4) is 0 Å². The minimum Gasteiger partial charge on any atom is -0.504 e. The summed E-state index contributed by atoms with van der Waals surface area (Å²) in [5.41, 5.74) is 0.308. The molecule has 3 heterocycles. The van der Waals surface area contributed by atoms with E-state index < -0.39 is 22.7 Å². The zero-order chi connectivity index (χ0) is 25.7. The van der Waals surface area contributed by atoms with E-state index >= 15 is 0 Å². The minimum atomic E-state index is -1.10. The van der Waals surface area contributed by atoms with Gasteiger partial charge in [-0.05, 0) is 61.8 Å². The number of hydrogen-bond donors (Lipinski definition) is 3. The molecular weight excluding hydrogens is 472 g/mol. The van der Waals surface area contributed by atoms with Gasteiger partial charge in [-0.1, -0.05) is 13.0 Å². The number of likely N-dealkylation sites (N-methyl/N-ethyl adjacent to an activating group) is 1. The van der Waals surface area contributed by atoms with Crippen molar-refractivity contribution in [2.45, 2.75) is 73.8 Å². The molecule has 1 aromatic carbocycles. The molecule has 1 saturated heterocycles.